The van der Waals surface area contributed by atoms with Crippen LogP contribution in [0.2, 0.25) is 0 Å². The Labute approximate surface area is 130 Å². The van der Waals surface area contributed by atoms with Gasteiger partial charge in [-0.15, -0.1) is 0 Å². The number of carbonyl (C=O) groups excluding carboxylic acids is 2. The van der Waals surface area contributed by atoms with Crippen molar-refractivity contribution in [2.75, 3.05) is 14.1 Å². The Bertz CT molecular complexity index is 638. The summed E-state index contributed by atoms with van der Waals surface area (Å²) in [5.74, 6) is -0.505. The van der Waals surface area contributed by atoms with Gasteiger partial charge in [-0.3, -0.25) is 9.59 Å². The van der Waals surface area contributed by atoms with E-state index < -0.39 is 18.6 Å². The van der Waals surface area contributed by atoms with Gasteiger partial charge in [-0.05, 0) is 0 Å². The summed E-state index contributed by atoms with van der Waals surface area (Å²) in [6, 6.07) is 0. The molecule has 0 unspecified atom stereocenters. The molecule has 0 saturated carbocycles. The summed E-state index contributed by atoms with van der Waals surface area (Å²) in [5, 5.41) is 4.99. The highest BCUT2D eigenvalue weighted by Crippen LogP contribution is 2.19. The minimum Gasteiger partial charge on any atom is -0.333 e. The first kappa shape index (κ1) is 17.0. The quantitative estimate of drug-likeness (QED) is 0.827. The first-order valence-electron chi connectivity index (χ1n) is 6.83. The Morgan fingerprint density at radius 1 is 1.39 bits per heavy atom. The molecule has 1 aromatic rings. The van der Waals surface area contributed by atoms with E-state index in [1.807, 2.05) is 0 Å². The van der Waals surface area contributed by atoms with Crippen molar-refractivity contribution in [3.63, 3.8) is 0 Å². The third-order valence-corrected chi connectivity index (χ3v) is 3.33. The van der Waals surface area contributed by atoms with Crippen molar-refractivity contribution in [1.82, 2.24) is 19.5 Å². The van der Waals surface area contributed by atoms with Crippen LogP contribution in [-0.4, -0.2) is 57.3 Å². The zero-order valence-electron chi connectivity index (χ0n) is 12.7. The van der Waals surface area contributed by atoms with E-state index in [9.17, 15) is 22.8 Å². The summed E-state index contributed by atoms with van der Waals surface area (Å²) in [6.07, 6.45) is -1.51. The van der Waals surface area contributed by atoms with Gasteiger partial charge in [-0.1, -0.05) is 0 Å². The zero-order valence-corrected chi connectivity index (χ0v) is 12.7. The lowest BCUT2D eigenvalue weighted by Crippen LogP contribution is -2.39. The molecule has 0 aliphatic carbocycles. The number of hydrazone groups is 1. The van der Waals surface area contributed by atoms with Crippen LogP contribution in [0.3, 0.4) is 0 Å². The third kappa shape index (κ3) is 4.30. The van der Waals surface area contributed by atoms with Crippen molar-refractivity contribution in [3.05, 3.63) is 18.2 Å². The number of halogens is 3. The lowest BCUT2D eigenvalue weighted by atomic mass is 10.1. The number of aromatic nitrogens is 2. The lowest BCUT2D eigenvalue weighted by molar-refractivity contribution is -0.141. The van der Waals surface area contributed by atoms with Gasteiger partial charge in [0.2, 0.25) is 5.91 Å². The van der Waals surface area contributed by atoms with Gasteiger partial charge in [0.1, 0.15) is 18.1 Å². The molecule has 0 atom stereocenters. The Hall–Kier alpha value is -2.39. The molecule has 10 heteroatoms. The fourth-order valence-electron chi connectivity index (χ4n) is 2.16. The fraction of sp³-hybridized carbons (Fsp3) is 0.538. The SMILES string of the molecule is CN(Cc1nccn1CC(F)(F)F)C(=O)C1=NN(C)C(=O)CC1. The van der Waals surface area contributed by atoms with Crippen LogP contribution < -0.4 is 0 Å². The molecule has 23 heavy (non-hydrogen) atoms. The van der Waals surface area contributed by atoms with Crippen LogP contribution in [0.4, 0.5) is 13.2 Å². The van der Waals surface area contributed by atoms with Crippen LogP contribution in [0.25, 0.3) is 0 Å². The van der Waals surface area contributed by atoms with Crippen molar-refractivity contribution in [3.8, 4) is 0 Å². The van der Waals surface area contributed by atoms with Gasteiger partial charge in [-0.25, -0.2) is 9.99 Å². The molecule has 0 saturated heterocycles. The number of amides is 2. The molecule has 0 N–H and O–H groups in total. The number of rotatable bonds is 4. The smallest absolute Gasteiger partial charge is 0.333 e. The molecular weight excluding hydrogens is 315 g/mol. The molecule has 7 nitrogen and oxygen atoms in total. The van der Waals surface area contributed by atoms with Gasteiger partial charge in [0, 0.05) is 39.3 Å². The minimum absolute atomic E-state index is 0.0847. The highest BCUT2D eigenvalue weighted by Gasteiger charge is 2.30. The molecule has 2 rings (SSSR count). The maximum absolute atomic E-state index is 12.5. The summed E-state index contributed by atoms with van der Waals surface area (Å²) in [6.45, 7) is -1.25. The molecule has 0 spiro atoms. The lowest BCUT2D eigenvalue weighted by Gasteiger charge is -2.23. The molecular formula is C13H16F3N5O2. The van der Waals surface area contributed by atoms with Crippen LogP contribution >= 0.6 is 0 Å². The number of hydrogen-bond donors (Lipinski definition) is 0. The first-order valence-corrected chi connectivity index (χ1v) is 6.83. The van der Waals surface area contributed by atoms with Crippen LogP contribution in [0.1, 0.15) is 18.7 Å². The molecule has 0 fully saturated rings. The van der Waals surface area contributed by atoms with E-state index >= 15 is 0 Å². The molecule has 0 bridgehead atoms. The minimum atomic E-state index is -4.37. The van der Waals surface area contributed by atoms with Gasteiger partial charge < -0.3 is 9.47 Å². The van der Waals surface area contributed by atoms with Crippen molar-refractivity contribution in [1.29, 1.82) is 0 Å². The number of imidazole rings is 1. The first-order chi connectivity index (χ1) is 10.7. The maximum atomic E-state index is 12.5. The van der Waals surface area contributed by atoms with Crippen LogP contribution in [-0.2, 0) is 22.7 Å². The maximum Gasteiger partial charge on any atom is 0.406 e. The van der Waals surface area contributed by atoms with E-state index in [1.165, 1.54) is 31.4 Å². The Morgan fingerprint density at radius 2 is 2.09 bits per heavy atom. The normalized spacial score (nSPS) is 15.6. The van der Waals surface area contributed by atoms with Crippen molar-refractivity contribution < 1.29 is 22.8 Å². The van der Waals surface area contributed by atoms with E-state index in [1.54, 1.807) is 0 Å². The molecule has 2 amide bonds. The van der Waals surface area contributed by atoms with Crippen molar-refractivity contribution >= 4 is 17.5 Å². The number of alkyl halides is 3. The number of carbonyl (C=O) groups is 2. The Balaban J connectivity index is 2.06. The standard InChI is InChI=1S/C13H16F3N5O2/c1-19(12(23)9-3-4-11(22)20(2)18-9)7-10-17-5-6-21(10)8-13(14,15)16/h5-6H,3-4,7-8H2,1-2H3. The Kier molecular flexibility index (Phi) is 4.71. The predicted octanol–water partition coefficient (Wildman–Crippen LogP) is 1.01. The van der Waals surface area contributed by atoms with E-state index in [0.29, 0.717) is 0 Å². The Morgan fingerprint density at radius 3 is 2.70 bits per heavy atom. The molecule has 2 heterocycles. The molecule has 0 aromatic carbocycles. The van der Waals surface area contributed by atoms with E-state index in [2.05, 4.69) is 10.1 Å². The van der Waals surface area contributed by atoms with E-state index in [-0.39, 0.29) is 36.8 Å². The molecule has 126 valence electrons. The molecule has 1 aliphatic rings. The summed E-state index contributed by atoms with van der Waals surface area (Å²) in [7, 11) is 2.90. The predicted molar refractivity (Wildman–Crippen MR) is 74.2 cm³/mol. The highest BCUT2D eigenvalue weighted by atomic mass is 19.4. The number of nitrogens with zero attached hydrogens (tertiary/aromatic N) is 5. The monoisotopic (exact) mass is 331 g/mol. The van der Waals surface area contributed by atoms with Crippen LogP contribution in [0, 0.1) is 0 Å². The molecule has 0 radical (unpaired) electrons. The molecule has 1 aromatic heterocycles. The van der Waals surface area contributed by atoms with Gasteiger partial charge in [0.15, 0.2) is 0 Å². The van der Waals surface area contributed by atoms with E-state index in [0.717, 1.165) is 9.58 Å². The van der Waals surface area contributed by atoms with Gasteiger partial charge in [-0.2, -0.15) is 18.3 Å². The summed E-state index contributed by atoms with van der Waals surface area (Å²) in [5.41, 5.74) is 0.198. The summed E-state index contributed by atoms with van der Waals surface area (Å²) < 4.78 is 38.4. The van der Waals surface area contributed by atoms with Gasteiger partial charge >= 0.3 is 6.18 Å². The second-order valence-corrected chi connectivity index (χ2v) is 5.21. The van der Waals surface area contributed by atoms with Crippen molar-refractivity contribution in [2.24, 2.45) is 5.10 Å². The highest BCUT2D eigenvalue weighted by molar-refractivity contribution is 6.39. The van der Waals surface area contributed by atoms with Crippen molar-refractivity contribution in [2.45, 2.75) is 32.1 Å². The topological polar surface area (TPSA) is 70.8 Å². The summed E-state index contributed by atoms with van der Waals surface area (Å²) >= 11 is 0. The average molecular weight is 331 g/mol. The van der Waals surface area contributed by atoms with Crippen LogP contribution in [0.15, 0.2) is 17.5 Å². The number of hydrogen-bond acceptors (Lipinski definition) is 4. The van der Waals surface area contributed by atoms with Gasteiger partial charge in [0.05, 0.1) is 6.54 Å². The second kappa shape index (κ2) is 6.39. The average Bonchev–Trinajstić information content (AvgIpc) is 2.86. The largest absolute Gasteiger partial charge is 0.406 e. The third-order valence-electron chi connectivity index (χ3n) is 3.33. The second-order valence-electron chi connectivity index (χ2n) is 5.21. The zero-order chi connectivity index (χ0) is 17.2. The molecule has 1 aliphatic heterocycles. The summed E-state index contributed by atoms with van der Waals surface area (Å²) in [4.78, 5) is 28.7. The van der Waals surface area contributed by atoms with Gasteiger partial charge in [0.25, 0.3) is 5.91 Å². The van der Waals surface area contributed by atoms with E-state index in [4.69, 9.17) is 0 Å². The van der Waals surface area contributed by atoms with Crippen LogP contribution in [0.5, 0.6) is 0 Å². The fourth-order valence-corrected chi connectivity index (χ4v) is 2.16.